The van der Waals surface area contributed by atoms with E-state index >= 15 is 0 Å². The van der Waals surface area contributed by atoms with E-state index in [1.165, 1.54) is 0 Å². The topological polar surface area (TPSA) is 78.8 Å². The minimum absolute atomic E-state index is 0.0187. The molecular formula is C18H21ClN6O. The number of fused-ring (bicyclic) bond motifs is 1. The van der Waals surface area contributed by atoms with Gasteiger partial charge in [-0.25, -0.2) is 14.8 Å². The Labute approximate surface area is 156 Å². The van der Waals surface area contributed by atoms with Crippen molar-refractivity contribution in [2.45, 2.75) is 31.8 Å². The fourth-order valence-electron chi connectivity index (χ4n) is 3.43. The number of nitrogens with one attached hydrogen (secondary N) is 2. The van der Waals surface area contributed by atoms with E-state index in [1.807, 2.05) is 33.9 Å². The summed E-state index contributed by atoms with van der Waals surface area (Å²) in [5, 5.41) is 3.69. The van der Waals surface area contributed by atoms with Crippen molar-refractivity contribution in [3.8, 4) is 0 Å². The van der Waals surface area contributed by atoms with E-state index in [0.717, 1.165) is 49.2 Å². The first-order valence-electron chi connectivity index (χ1n) is 8.86. The minimum Gasteiger partial charge on any atom is -0.340 e. The van der Waals surface area contributed by atoms with Crippen molar-refractivity contribution in [2.24, 2.45) is 0 Å². The molecule has 3 aromatic rings. The number of aromatic nitrogens is 4. The molecule has 136 valence electrons. The van der Waals surface area contributed by atoms with Crippen LogP contribution in [0.3, 0.4) is 0 Å². The van der Waals surface area contributed by atoms with Gasteiger partial charge in [-0.3, -0.25) is 0 Å². The van der Waals surface area contributed by atoms with Gasteiger partial charge < -0.3 is 19.8 Å². The first kappa shape index (κ1) is 16.9. The van der Waals surface area contributed by atoms with Gasteiger partial charge in [-0.15, -0.1) is 0 Å². The second-order valence-corrected chi connectivity index (χ2v) is 6.96. The molecule has 0 aliphatic carbocycles. The number of aryl methyl sites for hydroxylation is 1. The van der Waals surface area contributed by atoms with Crippen LogP contribution in [0, 0.1) is 0 Å². The fourth-order valence-corrected chi connectivity index (χ4v) is 3.60. The number of H-pyrrole nitrogens is 1. The summed E-state index contributed by atoms with van der Waals surface area (Å²) in [5.74, 6) is 0.827. The summed E-state index contributed by atoms with van der Waals surface area (Å²) in [6, 6.07) is 5.54. The number of amides is 2. The number of aromatic amines is 1. The predicted molar refractivity (Wildman–Crippen MR) is 100 cm³/mol. The van der Waals surface area contributed by atoms with E-state index in [-0.39, 0.29) is 12.1 Å². The summed E-state index contributed by atoms with van der Waals surface area (Å²) in [5.41, 5.74) is 1.78. The van der Waals surface area contributed by atoms with Gasteiger partial charge in [0.2, 0.25) is 0 Å². The zero-order valence-electron chi connectivity index (χ0n) is 14.4. The summed E-state index contributed by atoms with van der Waals surface area (Å²) < 4.78 is 2.00. The van der Waals surface area contributed by atoms with Gasteiger partial charge in [-0.1, -0.05) is 11.6 Å². The van der Waals surface area contributed by atoms with Crippen LogP contribution in [0.25, 0.3) is 11.0 Å². The normalized spacial score (nSPS) is 17.1. The summed E-state index contributed by atoms with van der Waals surface area (Å²) in [6.07, 6.45) is 8.22. The minimum atomic E-state index is -0.0309. The summed E-state index contributed by atoms with van der Waals surface area (Å²) in [6.45, 7) is 2.22. The lowest BCUT2D eigenvalue weighted by Crippen LogP contribution is -2.40. The number of hydrogen-bond donors (Lipinski definition) is 2. The lowest BCUT2D eigenvalue weighted by Gasteiger charge is -2.23. The van der Waals surface area contributed by atoms with Gasteiger partial charge in [0.1, 0.15) is 5.82 Å². The Morgan fingerprint density at radius 2 is 2.35 bits per heavy atom. The quantitative estimate of drug-likeness (QED) is 0.674. The molecule has 1 saturated heterocycles. The van der Waals surface area contributed by atoms with Crippen LogP contribution in [-0.4, -0.2) is 43.5 Å². The molecule has 0 unspecified atom stereocenters. The van der Waals surface area contributed by atoms with Crippen molar-refractivity contribution < 1.29 is 4.79 Å². The van der Waals surface area contributed by atoms with E-state index in [0.29, 0.717) is 11.6 Å². The van der Waals surface area contributed by atoms with Crippen molar-refractivity contribution in [2.75, 3.05) is 13.1 Å². The van der Waals surface area contributed by atoms with E-state index < -0.39 is 0 Å². The lowest BCUT2D eigenvalue weighted by molar-refractivity contribution is 0.191. The van der Waals surface area contributed by atoms with Crippen LogP contribution in [0.4, 0.5) is 4.79 Å². The highest BCUT2D eigenvalue weighted by atomic mass is 35.5. The zero-order chi connectivity index (χ0) is 17.9. The van der Waals surface area contributed by atoms with Gasteiger partial charge in [-0.05, 0) is 37.5 Å². The third kappa shape index (κ3) is 3.53. The molecule has 0 saturated carbocycles. The van der Waals surface area contributed by atoms with Gasteiger partial charge in [-0.2, -0.15) is 0 Å². The first-order chi connectivity index (χ1) is 12.7. The molecule has 0 spiro atoms. The van der Waals surface area contributed by atoms with E-state index in [4.69, 9.17) is 11.6 Å². The smallest absolute Gasteiger partial charge is 0.318 e. The largest absolute Gasteiger partial charge is 0.340 e. The third-order valence-corrected chi connectivity index (χ3v) is 4.96. The highest BCUT2D eigenvalue weighted by Gasteiger charge is 2.32. The summed E-state index contributed by atoms with van der Waals surface area (Å²) in [7, 11) is 0. The van der Waals surface area contributed by atoms with Crippen molar-refractivity contribution in [3.05, 3.63) is 47.8 Å². The number of hydrogen-bond acceptors (Lipinski definition) is 3. The maximum Gasteiger partial charge on any atom is 0.318 e. The second-order valence-electron chi connectivity index (χ2n) is 6.52. The van der Waals surface area contributed by atoms with Crippen LogP contribution in [-0.2, 0) is 6.54 Å². The van der Waals surface area contributed by atoms with Crippen LogP contribution in [0.1, 0.15) is 31.1 Å². The number of rotatable bonds is 5. The van der Waals surface area contributed by atoms with E-state index in [9.17, 15) is 4.79 Å². The molecule has 7 nitrogen and oxygen atoms in total. The van der Waals surface area contributed by atoms with Crippen molar-refractivity contribution in [3.63, 3.8) is 0 Å². The number of imidazole rings is 2. The molecule has 1 fully saturated rings. The second kappa shape index (κ2) is 7.37. The molecule has 1 aliphatic heterocycles. The van der Waals surface area contributed by atoms with Gasteiger partial charge >= 0.3 is 6.03 Å². The van der Waals surface area contributed by atoms with Crippen LogP contribution in [0.2, 0.25) is 5.02 Å². The number of carbonyl (C=O) groups excluding carboxylic acids is 1. The molecule has 26 heavy (non-hydrogen) atoms. The molecule has 0 bridgehead atoms. The average Bonchev–Trinajstić information content (AvgIpc) is 3.37. The first-order valence-corrected chi connectivity index (χ1v) is 9.24. The van der Waals surface area contributed by atoms with Gasteiger partial charge in [0.25, 0.3) is 0 Å². The Bertz CT molecular complexity index is 890. The number of carbonyl (C=O) groups is 1. The summed E-state index contributed by atoms with van der Waals surface area (Å²) >= 11 is 6.05. The predicted octanol–water partition coefficient (Wildman–Crippen LogP) is 3.35. The molecule has 2 amide bonds. The molecule has 4 rings (SSSR count). The number of benzene rings is 1. The van der Waals surface area contributed by atoms with Gasteiger partial charge in [0.15, 0.2) is 0 Å². The van der Waals surface area contributed by atoms with Crippen molar-refractivity contribution in [1.82, 2.24) is 29.7 Å². The molecule has 2 N–H and O–H groups in total. The lowest BCUT2D eigenvalue weighted by atomic mass is 10.2. The maximum absolute atomic E-state index is 12.6. The number of likely N-dealkylation sites (tertiary alicyclic amines) is 1. The summed E-state index contributed by atoms with van der Waals surface area (Å²) in [4.78, 5) is 26.5. The molecule has 1 atom stereocenters. The zero-order valence-corrected chi connectivity index (χ0v) is 15.1. The van der Waals surface area contributed by atoms with Crippen molar-refractivity contribution >= 4 is 28.7 Å². The van der Waals surface area contributed by atoms with Gasteiger partial charge in [0.05, 0.1) is 23.4 Å². The number of halogens is 1. The molecular weight excluding hydrogens is 352 g/mol. The molecule has 3 heterocycles. The van der Waals surface area contributed by atoms with Crippen LogP contribution >= 0.6 is 11.6 Å². The molecule has 1 aliphatic rings. The van der Waals surface area contributed by atoms with E-state index in [1.54, 1.807) is 12.5 Å². The van der Waals surface area contributed by atoms with Crippen molar-refractivity contribution in [1.29, 1.82) is 0 Å². The Balaban J connectivity index is 1.38. The Kier molecular flexibility index (Phi) is 4.79. The monoisotopic (exact) mass is 372 g/mol. The fraction of sp³-hybridized carbons (Fsp3) is 0.389. The molecule has 1 aromatic carbocycles. The SMILES string of the molecule is O=C(NCCCn1ccnc1)N1CCC[C@@H]1c1nc2ccc(Cl)cc2[nH]1. The highest BCUT2D eigenvalue weighted by Crippen LogP contribution is 2.31. The van der Waals surface area contributed by atoms with Crippen LogP contribution < -0.4 is 5.32 Å². The average molecular weight is 373 g/mol. The Morgan fingerprint density at radius 1 is 1.42 bits per heavy atom. The standard InChI is InChI=1S/C18H21ClN6O/c19-13-4-5-14-15(11-13)23-17(22-14)16-3-1-9-25(16)18(26)21-6-2-8-24-10-7-20-12-24/h4-5,7,10-12,16H,1-3,6,8-9H2,(H,21,26)(H,22,23)/t16-/m1/s1. The molecule has 2 aromatic heterocycles. The maximum atomic E-state index is 12.6. The van der Waals surface area contributed by atoms with Gasteiger partial charge in [0, 0.05) is 37.1 Å². The van der Waals surface area contributed by atoms with Crippen LogP contribution in [0.5, 0.6) is 0 Å². The Morgan fingerprint density at radius 3 is 3.19 bits per heavy atom. The molecule has 0 radical (unpaired) electrons. The third-order valence-electron chi connectivity index (χ3n) is 4.72. The Hall–Kier alpha value is -2.54. The number of nitrogens with zero attached hydrogens (tertiary/aromatic N) is 4. The van der Waals surface area contributed by atoms with E-state index in [2.05, 4.69) is 20.3 Å². The van der Waals surface area contributed by atoms with Crippen LogP contribution in [0.15, 0.2) is 36.9 Å². The highest BCUT2D eigenvalue weighted by molar-refractivity contribution is 6.31. The number of urea groups is 1. The molecule has 8 heteroatoms.